The van der Waals surface area contributed by atoms with Crippen molar-refractivity contribution in [3.05, 3.63) is 47.1 Å². The first-order chi connectivity index (χ1) is 9.24. The van der Waals surface area contributed by atoms with Crippen molar-refractivity contribution < 1.29 is 0 Å². The summed E-state index contributed by atoms with van der Waals surface area (Å²) in [4.78, 5) is 4.21. The first kappa shape index (κ1) is 13.2. The number of thiophene rings is 1. The third-order valence-electron chi connectivity index (χ3n) is 3.55. The summed E-state index contributed by atoms with van der Waals surface area (Å²) in [5.74, 6) is 0. The van der Waals surface area contributed by atoms with Crippen LogP contribution in [-0.2, 0) is 0 Å². The summed E-state index contributed by atoms with van der Waals surface area (Å²) in [6.07, 6.45) is 4.97. The van der Waals surface area contributed by atoms with Gasteiger partial charge in [-0.2, -0.15) is 0 Å². The molecule has 0 saturated carbocycles. The van der Waals surface area contributed by atoms with Gasteiger partial charge in [-0.1, -0.05) is 13.0 Å². The fraction of sp³-hybridized carbons (Fsp3) is 0.400. The Balaban J connectivity index is 1.77. The van der Waals surface area contributed by atoms with Gasteiger partial charge in [0.2, 0.25) is 0 Å². The Kier molecular flexibility index (Phi) is 3.91. The molecule has 4 heteroatoms. The topological polar surface area (TPSA) is 24.9 Å². The standard InChI is InChI=1S/C15H18N2S2/c1-10-8-14(13-5-7-18-15(13)19-10)17-11(2)12-4-3-6-16-9-12/h3-7,9-11,14,17H,8H2,1-2H3/t10-,11+,14?/m0/s1. The maximum Gasteiger partial charge on any atom is 0.0649 e. The lowest BCUT2D eigenvalue weighted by Gasteiger charge is -2.30. The van der Waals surface area contributed by atoms with Gasteiger partial charge < -0.3 is 5.32 Å². The quantitative estimate of drug-likeness (QED) is 0.906. The van der Waals surface area contributed by atoms with E-state index in [0.29, 0.717) is 17.3 Å². The molecule has 0 saturated heterocycles. The molecule has 100 valence electrons. The van der Waals surface area contributed by atoms with E-state index in [0.717, 1.165) is 0 Å². The van der Waals surface area contributed by atoms with Crippen LogP contribution in [0.5, 0.6) is 0 Å². The minimum Gasteiger partial charge on any atom is -0.303 e. The molecule has 0 amide bonds. The molecule has 2 aromatic rings. The number of pyridine rings is 1. The minimum absolute atomic E-state index is 0.335. The molecule has 19 heavy (non-hydrogen) atoms. The number of thioether (sulfide) groups is 1. The Hall–Kier alpha value is -0.840. The molecule has 1 N–H and O–H groups in total. The maximum atomic E-state index is 4.21. The molecular formula is C15H18N2S2. The lowest BCUT2D eigenvalue weighted by atomic mass is 10.0. The molecule has 0 aromatic carbocycles. The summed E-state index contributed by atoms with van der Waals surface area (Å²) in [6, 6.07) is 7.21. The summed E-state index contributed by atoms with van der Waals surface area (Å²) < 4.78 is 1.48. The maximum absolute atomic E-state index is 4.21. The fourth-order valence-corrected chi connectivity index (χ4v) is 5.10. The predicted molar refractivity (Wildman–Crippen MR) is 82.8 cm³/mol. The minimum atomic E-state index is 0.335. The Morgan fingerprint density at radius 2 is 2.32 bits per heavy atom. The molecule has 2 aromatic heterocycles. The molecule has 0 radical (unpaired) electrons. The van der Waals surface area contributed by atoms with Gasteiger partial charge in [-0.15, -0.1) is 23.1 Å². The summed E-state index contributed by atoms with van der Waals surface area (Å²) in [5.41, 5.74) is 2.73. The zero-order chi connectivity index (χ0) is 13.2. The lowest BCUT2D eigenvalue weighted by Crippen LogP contribution is -2.28. The highest BCUT2D eigenvalue weighted by Gasteiger charge is 2.27. The second-order valence-electron chi connectivity index (χ2n) is 5.05. The number of nitrogens with one attached hydrogen (secondary N) is 1. The van der Waals surface area contributed by atoms with Crippen LogP contribution in [0.15, 0.2) is 40.2 Å². The summed E-state index contributed by atoms with van der Waals surface area (Å²) in [6.45, 7) is 4.53. The van der Waals surface area contributed by atoms with Gasteiger partial charge >= 0.3 is 0 Å². The number of fused-ring (bicyclic) bond motifs is 1. The number of rotatable bonds is 3. The van der Waals surface area contributed by atoms with E-state index in [2.05, 4.69) is 41.7 Å². The van der Waals surface area contributed by atoms with Crippen LogP contribution < -0.4 is 5.32 Å². The lowest BCUT2D eigenvalue weighted by molar-refractivity contribution is 0.435. The predicted octanol–water partition coefficient (Wildman–Crippen LogP) is 4.42. The normalized spacial score (nSPS) is 23.9. The second kappa shape index (κ2) is 5.65. The van der Waals surface area contributed by atoms with Crippen molar-refractivity contribution in [1.29, 1.82) is 0 Å². The molecular weight excluding hydrogens is 272 g/mol. The molecule has 3 heterocycles. The van der Waals surface area contributed by atoms with Crippen LogP contribution in [0.4, 0.5) is 0 Å². The van der Waals surface area contributed by atoms with Crippen molar-refractivity contribution in [3.8, 4) is 0 Å². The van der Waals surface area contributed by atoms with Crippen LogP contribution in [0.2, 0.25) is 0 Å². The van der Waals surface area contributed by atoms with E-state index in [-0.39, 0.29) is 0 Å². The van der Waals surface area contributed by atoms with Crippen molar-refractivity contribution in [1.82, 2.24) is 10.3 Å². The molecule has 3 atom stereocenters. The molecule has 0 bridgehead atoms. The van der Waals surface area contributed by atoms with Crippen molar-refractivity contribution in [2.45, 2.75) is 41.8 Å². The van der Waals surface area contributed by atoms with Crippen LogP contribution in [0.3, 0.4) is 0 Å². The summed E-state index contributed by atoms with van der Waals surface area (Å²) >= 11 is 3.88. The average Bonchev–Trinajstić information content (AvgIpc) is 2.88. The molecule has 1 aliphatic heterocycles. The highest BCUT2D eigenvalue weighted by atomic mass is 32.2. The first-order valence-corrected chi connectivity index (χ1v) is 8.40. The molecule has 2 nitrogen and oxygen atoms in total. The average molecular weight is 290 g/mol. The number of hydrogen-bond donors (Lipinski definition) is 1. The highest BCUT2D eigenvalue weighted by molar-refractivity contribution is 8.01. The van der Waals surface area contributed by atoms with Crippen LogP contribution >= 0.6 is 23.1 Å². The van der Waals surface area contributed by atoms with Crippen LogP contribution in [0, 0.1) is 0 Å². The smallest absolute Gasteiger partial charge is 0.0649 e. The van der Waals surface area contributed by atoms with E-state index in [1.807, 2.05) is 41.6 Å². The summed E-state index contributed by atoms with van der Waals surface area (Å²) in [5, 5.41) is 6.65. The van der Waals surface area contributed by atoms with E-state index >= 15 is 0 Å². The zero-order valence-electron chi connectivity index (χ0n) is 11.2. The third-order valence-corrected chi connectivity index (χ3v) is 5.89. The molecule has 0 aliphatic carbocycles. The van der Waals surface area contributed by atoms with E-state index in [4.69, 9.17) is 0 Å². The molecule has 0 spiro atoms. The van der Waals surface area contributed by atoms with Crippen LogP contribution in [0.1, 0.15) is 43.5 Å². The van der Waals surface area contributed by atoms with Gasteiger partial charge in [0.15, 0.2) is 0 Å². The second-order valence-corrected chi connectivity index (χ2v) is 7.68. The van der Waals surface area contributed by atoms with Crippen molar-refractivity contribution in [2.24, 2.45) is 0 Å². The van der Waals surface area contributed by atoms with Gasteiger partial charge in [-0.05, 0) is 42.0 Å². The fourth-order valence-electron chi connectivity index (χ4n) is 2.54. The van der Waals surface area contributed by atoms with Gasteiger partial charge in [0.25, 0.3) is 0 Å². The molecule has 3 rings (SSSR count). The van der Waals surface area contributed by atoms with Crippen molar-refractivity contribution in [3.63, 3.8) is 0 Å². The third kappa shape index (κ3) is 2.86. The monoisotopic (exact) mass is 290 g/mol. The van der Waals surface area contributed by atoms with Crippen molar-refractivity contribution in [2.75, 3.05) is 0 Å². The Morgan fingerprint density at radius 1 is 1.42 bits per heavy atom. The molecule has 0 fully saturated rings. The number of nitrogens with zero attached hydrogens (tertiary/aromatic N) is 1. The Bertz CT molecular complexity index is 538. The van der Waals surface area contributed by atoms with Gasteiger partial charge in [0, 0.05) is 29.7 Å². The molecule has 1 aliphatic rings. The van der Waals surface area contributed by atoms with Gasteiger partial charge in [0.05, 0.1) is 4.21 Å². The van der Waals surface area contributed by atoms with Crippen LogP contribution in [-0.4, -0.2) is 10.2 Å². The van der Waals surface area contributed by atoms with Gasteiger partial charge in [-0.25, -0.2) is 0 Å². The van der Waals surface area contributed by atoms with Crippen molar-refractivity contribution >= 4 is 23.1 Å². The van der Waals surface area contributed by atoms with Crippen LogP contribution in [0.25, 0.3) is 0 Å². The van der Waals surface area contributed by atoms with E-state index in [9.17, 15) is 0 Å². The number of hydrogen-bond acceptors (Lipinski definition) is 4. The SMILES string of the molecule is C[C@H]1CC(N[C@H](C)c2cccnc2)c2ccsc2S1. The Morgan fingerprint density at radius 3 is 3.11 bits per heavy atom. The first-order valence-electron chi connectivity index (χ1n) is 6.64. The largest absolute Gasteiger partial charge is 0.303 e. The van der Waals surface area contributed by atoms with Gasteiger partial charge in [-0.3, -0.25) is 4.98 Å². The summed E-state index contributed by atoms with van der Waals surface area (Å²) in [7, 11) is 0. The van der Waals surface area contributed by atoms with E-state index in [1.54, 1.807) is 0 Å². The van der Waals surface area contributed by atoms with E-state index in [1.165, 1.54) is 21.8 Å². The Labute approximate surface area is 122 Å². The highest BCUT2D eigenvalue weighted by Crippen LogP contribution is 2.44. The zero-order valence-corrected chi connectivity index (χ0v) is 12.8. The number of aromatic nitrogens is 1. The van der Waals surface area contributed by atoms with Gasteiger partial charge in [0.1, 0.15) is 0 Å². The molecule has 1 unspecified atom stereocenters. The van der Waals surface area contributed by atoms with E-state index < -0.39 is 0 Å².